The first kappa shape index (κ1) is 17.8. The molecule has 1 fully saturated rings. The van der Waals surface area contributed by atoms with Crippen LogP contribution in [0.15, 0.2) is 48.5 Å². The summed E-state index contributed by atoms with van der Waals surface area (Å²) in [5.74, 6) is -0.492. The quantitative estimate of drug-likeness (QED) is 0.746. The second kappa shape index (κ2) is 6.70. The van der Waals surface area contributed by atoms with Gasteiger partial charge in [-0.25, -0.2) is 10.0 Å². The van der Waals surface area contributed by atoms with Crippen LogP contribution in [0.3, 0.4) is 0 Å². The van der Waals surface area contributed by atoms with E-state index in [2.05, 4.69) is 0 Å². The van der Waals surface area contributed by atoms with Crippen LogP contribution in [-0.2, 0) is 22.7 Å². The zero-order valence-corrected chi connectivity index (χ0v) is 15.5. The molecule has 0 saturated carbocycles. The van der Waals surface area contributed by atoms with Crippen LogP contribution >= 0.6 is 23.2 Å². The Kier molecular flexibility index (Phi) is 4.76. The first-order valence-electron chi connectivity index (χ1n) is 7.93. The molecule has 6 heteroatoms. The van der Waals surface area contributed by atoms with E-state index in [9.17, 15) is 9.59 Å². The summed E-state index contributed by atoms with van der Waals surface area (Å²) in [6, 6.07) is 14.6. The van der Waals surface area contributed by atoms with Gasteiger partial charge in [0.25, 0.3) is 11.8 Å². The molecule has 3 rings (SSSR count). The van der Waals surface area contributed by atoms with Crippen molar-refractivity contribution in [1.29, 1.82) is 0 Å². The molecular weight excluding hydrogens is 359 g/mol. The molecule has 25 heavy (non-hydrogen) atoms. The summed E-state index contributed by atoms with van der Waals surface area (Å²) in [6.07, 6.45) is 0. The molecule has 130 valence electrons. The molecule has 2 amide bonds. The summed E-state index contributed by atoms with van der Waals surface area (Å²) in [4.78, 5) is 25.7. The van der Waals surface area contributed by atoms with Gasteiger partial charge in [-0.15, -0.1) is 0 Å². The minimum absolute atomic E-state index is 0.234. The Morgan fingerprint density at radius 2 is 1.12 bits per heavy atom. The van der Waals surface area contributed by atoms with Crippen molar-refractivity contribution in [2.75, 3.05) is 0 Å². The molecule has 0 aliphatic carbocycles. The molecule has 4 nitrogen and oxygen atoms in total. The lowest BCUT2D eigenvalue weighted by Crippen LogP contribution is -2.40. The maximum Gasteiger partial charge on any atom is 0.256 e. The highest BCUT2D eigenvalue weighted by atomic mass is 35.5. The zero-order chi connectivity index (χ0) is 18.2. The molecule has 0 bridgehead atoms. The number of nitrogens with zero attached hydrogens (tertiary/aromatic N) is 2. The number of amides is 2. The predicted octanol–water partition coefficient (Wildman–Crippen LogP) is 4.31. The minimum Gasteiger partial charge on any atom is -0.272 e. The highest BCUT2D eigenvalue weighted by Crippen LogP contribution is 2.35. The van der Waals surface area contributed by atoms with Gasteiger partial charge in [0.1, 0.15) is 5.41 Å². The molecule has 0 aromatic heterocycles. The molecule has 1 aliphatic rings. The Balaban J connectivity index is 1.95. The van der Waals surface area contributed by atoms with Crippen LogP contribution in [0.5, 0.6) is 0 Å². The van der Waals surface area contributed by atoms with Crippen molar-refractivity contribution in [3.05, 3.63) is 69.7 Å². The lowest BCUT2D eigenvalue weighted by atomic mass is 9.93. The van der Waals surface area contributed by atoms with Crippen LogP contribution in [0.1, 0.15) is 25.0 Å². The maximum atomic E-state index is 12.8. The molecule has 1 heterocycles. The van der Waals surface area contributed by atoms with Gasteiger partial charge in [-0.1, -0.05) is 59.6 Å². The van der Waals surface area contributed by atoms with Gasteiger partial charge in [-0.2, -0.15) is 0 Å². The van der Waals surface area contributed by atoms with Crippen molar-refractivity contribution in [2.24, 2.45) is 5.41 Å². The number of hydrazine groups is 1. The highest BCUT2D eigenvalue weighted by Gasteiger charge is 2.51. The molecule has 2 aromatic carbocycles. The second-order valence-corrected chi connectivity index (χ2v) is 7.35. The number of hydrogen-bond acceptors (Lipinski definition) is 2. The average molecular weight is 377 g/mol. The van der Waals surface area contributed by atoms with Crippen LogP contribution in [0, 0.1) is 5.41 Å². The van der Waals surface area contributed by atoms with Gasteiger partial charge in [0.15, 0.2) is 0 Å². The van der Waals surface area contributed by atoms with Gasteiger partial charge in [0.05, 0.1) is 13.1 Å². The summed E-state index contributed by atoms with van der Waals surface area (Å²) in [6.45, 7) is 3.75. The zero-order valence-electron chi connectivity index (χ0n) is 14.0. The summed E-state index contributed by atoms with van der Waals surface area (Å²) >= 11 is 12.5. The van der Waals surface area contributed by atoms with Crippen molar-refractivity contribution in [3.8, 4) is 0 Å². The lowest BCUT2D eigenvalue weighted by molar-refractivity contribution is -0.149. The van der Waals surface area contributed by atoms with E-state index in [1.165, 1.54) is 10.0 Å². The normalized spacial score (nSPS) is 16.6. The van der Waals surface area contributed by atoms with E-state index >= 15 is 0 Å². The topological polar surface area (TPSA) is 40.6 Å². The lowest BCUT2D eigenvalue weighted by Gasteiger charge is -2.28. The second-order valence-electron chi connectivity index (χ2n) is 6.53. The fraction of sp³-hybridized carbons (Fsp3) is 0.263. The molecule has 0 spiro atoms. The number of carbonyl (C=O) groups excluding carboxylic acids is 2. The maximum absolute atomic E-state index is 12.8. The summed E-state index contributed by atoms with van der Waals surface area (Å²) < 4.78 is 0. The molecule has 0 radical (unpaired) electrons. The van der Waals surface area contributed by atoms with Crippen molar-refractivity contribution in [2.45, 2.75) is 26.9 Å². The van der Waals surface area contributed by atoms with E-state index in [0.29, 0.717) is 10.0 Å². The van der Waals surface area contributed by atoms with E-state index < -0.39 is 5.41 Å². The largest absolute Gasteiger partial charge is 0.272 e. The van der Waals surface area contributed by atoms with Gasteiger partial charge in [0, 0.05) is 10.0 Å². The standard InChI is InChI=1S/C19H18Cl2N2O2/c1-19(2)17(24)22(11-13-7-3-5-9-15(13)20)23(18(19)25)12-14-8-4-6-10-16(14)21/h3-10H,11-12H2,1-2H3. The molecular formula is C19H18Cl2N2O2. The van der Waals surface area contributed by atoms with E-state index in [-0.39, 0.29) is 24.9 Å². The molecule has 0 N–H and O–H groups in total. The Labute approximate surface area is 156 Å². The number of rotatable bonds is 4. The van der Waals surface area contributed by atoms with Crippen LogP contribution < -0.4 is 0 Å². The molecule has 1 saturated heterocycles. The number of halogens is 2. The third-order valence-electron chi connectivity index (χ3n) is 4.39. The van der Waals surface area contributed by atoms with Crippen LogP contribution in [0.4, 0.5) is 0 Å². The molecule has 2 aromatic rings. The SMILES string of the molecule is CC1(C)C(=O)N(Cc2ccccc2Cl)N(Cc2ccccc2Cl)C1=O. The van der Waals surface area contributed by atoms with Gasteiger partial charge in [-0.3, -0.25) is 9.59 Å². The Morgan fingerprint density at radius 1 is 0.760 bits per heavy atom. The smallest absolute Gasteiger partial charge is 0.256 e. The number of hydrogen-bond donors (Lipinski definition) is 0. The summed E-state index contributed by atoms with van der Waals surface area (Å²) in [5.41, 5.74) is 0.460. The summed E-state index contributed by atoms with van der Waals surface area (Å²) in [7, 11) is 0. The molecule has 0 atom stereocenters. The fourth-order valence-corrected chi connectivity index (χ4v) is 3.24. The Hall–Kier alpha value is -2.04. The fourth-order valence-electron chi connectivity index (χ4n) is 2.85. The molecule has 1 aliphatic heterocycles. The van der Waals surface area contributed by atoms with Crippen molar-refractivity contribution in [3.63, 3.8) is 0 Å². The van der Waals surface area contributed by atoms with E-state index in [0.717, 1.165) is 11.1 Å². The van der Waals surface area contributed by atoms with E-state index in [1.54, 1.807) is 26.0 Å². The van der Waals surface area contributed by atoms with E-state index in [4.69, 9.17) is 23.2 Å². The third-order valence-corrected chi connectivity index (χ3v) is 5.12. The minimum atomic E-state index is -1.11. The van der Waals surface area contributed by atoms with Crippen LogP contribution in [0.2, 0.25) is 10.0 Å². The number of carbonyl (C=O) groups is 2. The first-order chi connectivity index (χ1) is 11.8. The highest BCUT2D eigenvalue weighted by molar-refractivity contribution is 6.31. The average Bonchev–Trinajstić information content (AvgIpc) is 2.73. The van der Waals surface area contributed by atoms with Crippen molar-refractivity contribution in [1.82, 2.24) is 10.0 Å². The summed E-state index contributed by atoms with van der Waals surface area (Å²) in [5, 5.41) is 4.05. The predicted molar refractivity (Wildman–Crippen MR) is 97.8 cm³/mol. The van der Waals surface area contributed by atoms with Crippen molar-refractivity contribution >= 4 is 35.0 Å². The molecule has 0 unspecified atom stereocenters. The van der Waals surface area contributed by atoms with Gasteiger partial charge in [-0.05, 0) is 37.1 Å². The van der Waals surface area contributed by atoms with E-state index in [1.807, 2.05) is 36.4 Å². The van der Waals surface area contributed by atoms with Gasteiger partial charge < -0.3 is 0 Å². The Morgan fingerprint density at radius 3 is 1.48 bits per heavy atom. The van der Waals surface area contributed by atoms with Gasteiger partial charge >= 0.3 is 0 Å². The number of benzene rings is 2. The van der Waals surface area contributed by atoms with Crippen molar-refractivity contribution < 1.29 is 9.59 Å². The van der Waals surface area contributed by atoms with Crippen LogP contribution in [-0.4, -0.2) is 21.8 Å². The first-order valence-corrected chi connectivity index (χ1v) is 8.68. The van der Waals surface area contributed by atoms with Gasteiger partial charge in [0.2, 0.25) is 0 Å². The third kappa shape index (κ3) is 3.24. The monoisotopic (exact) mass is 376 g/mol. The van der Waals surface area contributed by atoms with Crippen LogP contribution in [0.25, 0.3) is 0 Å². The Bertz CT molecular complexity index is 768.